The van der Waals surface area contributed by atoms with E-state index in [1.165, 1.54) is 24.3 Å². The van der Waals surface area contributed by atoms with Crippen LogP contribution in [-0.2, 0) is 0 Å². The second-order valence-corrected chi connectivity index (χ2v) is 5.02. The van der Waals surface area contributed by atoms with E-state index >= 15 is 0 Å². The van der Waals surface area contributed by atoms with Crippen LogP contribution in [0.25, 0.3) is 23.6 Å². The van der Waals surface area contributed by atoms with Crippen molar-refractivity contribution in [2.75, 3.05) is 5.73 Å². The van der Waals surface area contributed by atoms with Crippen LogP contribution in [0.2, 0.25) is 0 Å². The predicted octanol–water partition coefficient (Wildman–Crippen LogP) is 4.39. The van der Waals surface area contributed by atoms with Crippen LogP contribution < -0.4 is 10.5 Å². The number of benzene rings is 2. The third kappa shape index (κ3) is 4.60. The SMILES string of the molecule is Nc1cccc(-c2nnc(C=Cc3ccc(OC(F)(F)F)cc3)o2)c1. The Morgan fingerprint density at radius 3 is 2.44 bits per heavy atom. The Hall–Kier alpha value is -3.29. The minimum atomic E-state index is -4.71. The van der Waals surface area contributed by atoms with Gasteiger partial charge >= 0.3 is 6.36 Å². The fraction of sp³-hybridized carbons (Fsp3) is 0.0588. The van der Waals surface area contributed by atoms with Gasteiger partial charge in [0.25, 0.3) is 0 Å². The molecule has 0 bridgehead atoms. The van der Waals surface area contributed by atoms with E-state index in [9.17, 15) is 13.2 Å². The molecule has 0 aliphatic heterocycles. The highest BCUT2D eigenvalue weighted by molar-refractivity contribution is 5.67. The Bertz CT molecular complexity index is 887. The third-order valence-corrected chi connectivity index (χ3v) is 3.11. The van der Waals surface area contributed by atoms with E-state index in [1.54, 1.807) is 36.4 Å². The smallest absolute Gasteiger partial charge is 0.417 e. The normalized spacial score (nSPS) is 11.8. The lowest BCUT2D eigenvalue weighted by Crippen LogP contribution is -2.16. The van der Waals surface area contributed by atoms with Gasteiger partial charge in [0.05, 0.1) is 0 Å². The van der Waals surface area contributed by atoms with Crippen molar-refractivity contribution in [2.24, 2.45) is 0 Å². The van der Waals surface area contributed by atoms with Gasteiger partial charge in [0.15, 0.2) is 0 Å². The molecule has 0 fully saturated rings. The number of hydrogen-bond donors (Lipinski definition) is 1. The summed E-state index contributed by atoms with van der Waals surface area (Å²) in [5.74, 6) is 0.292. The topological polar surface area (TPSA) is 74.2 Å². The van der Waals surface area contributed by atoms with Crippen molar-refractivity contribution in [1.29, 1.82) is 0 Å². The molecule has 0 atom stereocenters. The van der Waals surface area contributed by atoms with E-state index in [0.717, 1.165) is 0 Å². The quantitative estimate of drug-likeness (QED) is 0.709. The Labute approximate surface area is 140 Å². The molecular weight excluding hydrogens is 335 g/mol. The fourth-order valence-electron chi connectivity index (χ4n) is 2.04. The second kappa shape index (κ2) is 6.68. The van der Waals surface area contributed by atoms with Crippen LogP contribution in [0.4, 0.5) is 18.9 Å². The number of ether oxygens (including phenoxy) is 1. The van der Waals surface area contributed by atoms with Gasteiger partial charge in [-0.2, -0.15) is 0 Å². The maximum Gasteiger partial charge on any atom is 0.573 e. The zero-order chi connectivity index (χ0) is 17.9. The van der Waals surface area contributed by atoms with Crippen LogP contribution in [-0.4, -0.2) is 16.6 Å². The number of halogens is 3. The van der Waals surface area contributed by atoms with E-state index in [0.29, 0.717) is 22.7 Å². The summed E-state index contributed by atoms with van der Waals surface area (Å²) in [7, 11) is 0. The van der Waals surface area contributed by atoms with E-state index in [2.05, 4.69) is 14.9 Å². The lowest BCUT2D eigenvalue weighted by molar-refractivity contribution is -0.274. The van der Waals surface area contributed by atoms with Crippen LogP contribution in [0.15, 0.2) is 52.9 Å². The molecule has 5 nitrogen and oxygen atoms in total. The molecule has 0 saturated carbocycles. The Kier molecular flexibility index (Phi) is 4.42. The van der Waals surface area contributed by atoms with Crippen molar-refractivity contribution >= 4 is 17.8 Å². The van der Waals surface area contributed by atoms with E-state index in [4.69, 9.17) is 10.2 Å². The summed E-state index contributed by atoms with van der Waals surface area (Å²) in [6.07, 6.45) is -1.52. The molecule has 0 spiro atoms. The van der Waals surface area contributed by atoms with Gasteiger partial charge in [0.1, 0.15) is 5.75 Å². The van der Waals surface area contributed by atoms with Gasteiger partial charge in [-0.05, 0) is 42.0 Å². The van der Waals surface area contributed by atoms with Crippen molar-refractivity contribution in [1.82, 2.24) is 10.2 Å². The van der Waals surface area contributed by atoms with Gasteiger partial charge in [0.2, 0.25) is 11.8 Å². The number of anilines is 1. The van der Waals surface area contributed by atoms with Gasteiger partial charge in [-0.3, -0.25) is 0 Å². The molecule has 0 unspecified atom stereocenters. The van der Waals surface area contributed by atoms with Gasteiger partial charge < -0.3 is 14.9 Å². The average molecular weight is 347 g/mol. The van der Waals surface area contributed by atoms with E-state index < -0.39 is 6.36 Å². The maximum atomic E-state index is 12.1. The van der Waals surface area contributed by atoms with Crippen molar-refractivity contribution in [3.8, 4) is 17.2 Å². The van der Waals surface area contributed by atoms with E-state index in [-0.39, 0.29) is 11.6 Å². The Morgan fingerprint density at radius 2 is 1.76 bits per heavy atom. The lowest BCUT2D eigenvalue weighted by Gasteiger charge is -2.08. The molecule has 0 radical (unpaired) electrons. The molecule has 2 aromatic carbocycles. The minimum Gasteiger partial charge on any atom is -0.417 e. The molecule has 1 aromatic heterocycles. The van der Waals surface area contributed by atoms with Gasteiger partial charge in [0, 0.05) is 17.3 Å². The maximum absolute atomic E-state index is 12.1. The first-order valence-electron chi connectivity index (χ1n) is 7.12. The predicted molar refractivity (Wildman–Crippen MR) is 86.2 cm³/mol. The molecule has 128 valence electrons. The average Bonchev–Trinajstić information content (AvgIpc) is 3.02. The summed E-state index contributed by atoms with van der Waals surface area (Å²) >= 11 is 0. The monoisotopic (exact) mass is 347 g/mol. The van der Waals surface area contributed by atoms with Crippen LogP contribution in [0.5, 0.6) is 5.75 Å². The summed E-state index contributed by atoms with van der Waals surface area (Å²) in [6, 6.07) is 12.4. The highest BCUT2D eigenvalue weighted by Crippen LogP contribution is 2.24. The molecule has 0 aliphatic rings. The van der Waals surface area contributed by atoms with Gasteiger partial charge in [-0.25, -0.2) is 0 Å². The van der Waals surface area contributed by atoms with Gasteiger partial charge in [-0.1, -0.05) is 18.2 Å². The minimum absolute atomic E-state index is 0.257. The summed E-state index contributed by atoms with van der Waals surface area (Å²) in [6.45, 7) is 0. The zero-order valence-corrected chi connectivity index (χ0v) is 12.7. The molecule has 8 heteroatoms. The largest absolute Gasteiger partial charge is 0.573 e. The van der Waals surface area contributed by atoms with Crippen LogP contribution in [0.1, 0.15) is 11.5 Å². The first-order valence-corrected chi connectivity index (χ1v) is 7.12. The van der Waals surface area contributed by atoms with Crippen LogP contribution >= 0.6 is 0 Å². The first kappa shape index (κ1) is 16.6. The number of alkyl halides is 3. The molecule has 25 heavy (non-hydrogen) atoms. The van der Waals surface area contributed by atoms with Crippen molar-refractivity contribution in [3.05, 3.63) is 60.0 Å². The summed E-state index contributed by atoms with van der Waals surface area (Å²) in [5.41, 5.74) is 7.63. The van der Waals surface area contributed by atoms with E-state index in [1.807, 2.05) is 0 Å². The molecule has 1 heterocycles. The number of nitrogens with two attached hydrogens (primary N) is 1. The van der Waals surface area contributed by atoms with Crippen molar-refractivity contribution < 1.29 is 22.3 Å². The third-order valence-electron chi connectivity index (χ3n) is 3.11. The Balaban J connectivity index is 1.70. The summed E-state index contributed by atoms with van der Waals surface area (Å²) in [5, 5.41) is 7.81. The molecule has 3 rings (SSSR count). The van der Waals surface area contributed by atoms with Crippen molar-refractivity contribution in [2.45, 2.75) is 6.36 Å². The highest BCUT2D eigenvalue weighted by atomic mass is 19.4. The van der Waals surface area contributed by atoms with Gasteiger partial charge in [-0.15, -0.1) is 23.4 Å². The zero-order valence-electron chi connectivity index (χ0n) is 12.7. The number of aromatic nitrogens is 2. The molecule has 0 aliphatic carbocycles. The highest BCUT2D eigenvalue weighted by Gasteiger charge is 2.30. The number of nitrogens with zero attached hydrogens (tertiary/aromatic N) is 2. The van der Waals surface area contributed by atoms with Crippen LogP contribution in [0, 0.1) is 0 Å². The second-order valence-electron chi connectivity index (χ2n) is 5.02. The number of rotatable bonds is 4. The summed E-state index contributed by atoms with van der Waals surface area (Å²) < 4.78 is 45.6. The Morgan fingerprint density at radius 1 is 1.00 bits per heavy atom. The number of nitrogen functional groups attached to an aromatic ring is 1. The fourth-order valence-corrected chi connectivity index (χ4v) is 2.04. The first-order chi connectivity index (χ1) is 11.9. The lowest BCUT2D eigenvalue weighted by atomic mass is 10.2. The summed E-state index contributed by atoms with van der Waals surface area (Å²) in [4.78, 5) is 0. The molecule has 0 amide bonds. The van der Waals surface area contributed by atoms with Crippen molar-refractivity contribution in [3.63, 3.8) is 0 Å². The molecular formula is C17H12F3N3O2. The van der Waals surface area contributed by atoms with Crippen LogP contribution in [0.3, 0.4) is 0 Å². The molecule has 0 saturated heterocycles. The standard InChI is InChI=1S/C17H12F3N3O2/c18-17(19,20)25-14-7-4-11(5-8-14)6-9-15-22-23-16(24-15)12-2-1-3-13(21)10-12/h1-10H,21H2. The number of hydrogen-bond acceptors (Lipinski definition) is 5. The molecule has 3 aromatic rings. The molecule has 2 N–H and O–H groups in total.